The predicted molar refractivity (Wildman–Crippen MR) is 55.1 cm³/mol. The van der Waals surface area contributed by atoms with Gasteiger partial charge in [-0.1, -0.05) is 23.3 Å². The number of hydrogen-bond donors (Lipinski definition) is 1. The lowest BCUT2D eigenvalue weighted by Gasteiger charge is -2.25. The van der Waals surface area contributed by atoms with E-state index in [1.165, 1.54) is 0 Å². The molecule has 1 N–H and O–H groups in total. The number of carboxylic acids is 1. The van der Waals surface area contributed by atoms with Crippen LogP contribution in [0.1, 0.15) is 27.2 Å². The second-order valence-electron chi connectivity index (χ2n) is 3.78. The van der Waals surface area contributed by atoms with Crippen molar-refractivity contribution >= 4 is 18.4 Å². The van der Waals surface area contributed by atoms with E-state index in [0.29, 0.717) is 6.42 Å². The Morgan fingerprint density at radius 3 is 2.46 bits per heavy atom. The lowest BCUT2D eigenvalue weighted by atomic mass is 9.78. The summed E-state index contributed by atoms with van der Waals surface area (Å²) in [5.41, 5.74) is 1.49. The smallest absolute Gasteiger partial charge is 0.313 e. The molecule has 0 amide bonds. The molecule has 0 saturated heterocycles. The van der Waals surface area contributed by atoms with Crippen LogP contribution in [-0.2, 0) is 4.79 Å². The average Bonchev–Trinajstić information content (AvgIpc) is 1.82. The number of rotatable bonds is 1. The number of carbonyl (C=O) groups is 1. The Bertz CT molecular complexity index is 279. The van der Waals surface area contributed by atoms with Gasteiger partial charge in [0.15, 0.2) is 0 Å². The molecule has 2 nitrogen and oxygen atoms in total. The molecule has 0 aromatic carbocycles. The molecule has 0 spiro atoms. The second kappa shape index (κ2) is 3.97. The third kappa shape index (κ3) is 2.59. The van der Waals surface area contributed by atoms with E-state index in [1.807, 2.05) is 26.0 Å². The van der Waals surface area contributed by atoms with Gasteiger partial charge in [-0.15, -0.1) is 12.4 Å². The van der Waals surface area contributed by atoms with Gasteiger partial charge < -0.3 is 5.11 Å². The molecule has 1 aliphatic rings. The van der Waals surface area contributed by atoms with Crippen molar-refractivity contribution < 1.29 is 9.90 Å². The first-order chi connectivity index (χ1) is 5.44. The number of aliphatic carboxylic acids is 1. The summed E-state index contributed by atoms with van der Waals surface area (Å²) in [6, 6.07) is 0. The zero-order valence-electron chi connectivity index (χ0n) is 8.13. The lowest BCUT2D eigenvalue weighted by Crippen LogP contribution is -2.27. The molecular weight excluding hydrogens is 188 g/mol. The highest BCUT2D eigenvalue weighted by molar-refractivity contribution is 5.85. The van der Waals surface area contributed by atoms with Crippen molar-refractivity contribution in [1.82, 2.24) is 0 Å². The Labute approximate surface area is 84.7 Å². The van der Waals surface area contributed by atoms with Crippen molar-refractivity contribution in [3.63, 3.8) is 0 Å². The van der Waals surface area contributed by atoms with Crippen LogP contribution in [0.3, 0.4) is 0 Å². The van der Waals surface area contributed by atoms with Crippen LogP contribution in [0, 0.1) is 5.41 Å². The quantitative estimate of drug-likeness (QED) is 0.710. The van der Waals surface area contributed by atoms with Crippen LogP contribution in [0.2, 0.25) is 0 Å². The molecule has 1 rings (SSSR count). The molecular formula is C10H15ClO2. The molecule has 0 aromatic heterocycles. The standard InChI is InChI=1S/C10H14O2.ClH/c1-7-4-8(2)6-10(3,5-7)9(11)12;/h4-5H,6H2,1-3H3,(H,11,12);1H. The fraction of sp³-hybridized carbons (Fsp3) is 0.500. The molecule has 3 heteroatoms. The van der Waals surface area contributed by atoms with Crippen LogP contribution in [-0.4, -0.2) is 11.1 Å². The minimum Gasteiger partial charge on any atom is -0.481 e. The van der Waals surface area contributed by atoms with E-state index < -0.39 is 11.4 Å². The third-order valence-electron chi connectivity index (χ3n) is 2.15. The van der Waals surface area contributed by atoms with E-state index in [4.69, 9.17) is 5.11 Å². The van der Waals surface area contributed by atoms with Crippen LogP contribution in [0.15, 0.2) is 23.3 Å². The Morgan fingerprint density at radius 1 is 1.54 bits per heavy atom. The van der Waals surface area contributed by atoms with Gasteiger partial charge in [0.05, 0.1) is 5.41 Å². The molecule has 13 heavy (non-hydrogen) atoms. The zero-order valence-corrected chi connectivity index (χ0v) is 8.94. The van der Waals surface area contributed by atoms with Crippen molar-refractivity contribution in [1.29, 1.82) is 0 Å². The molecule has 0 saturated carbocycles. The Balaban J connectivity index is 0.00000144. The lowest BCUT2D eigenvalue weighted by molar-refractivity contribution is -0.145. The van der Waals surface area contributed by atoms with Crippen molar-refractivity contribution in [3.05, 3.63) is 23.3 Å². The molecule has 1 atom stereocenters. The number of halogens is 1. The maximum Gasteiger partial charge on any atom is 0.313 e. The molecule has 0 aliphatic heterocycles. The van der Waals surface area contributed by atoms with Crippen molar-refractivity contribution in [3.8, 4) is 0 Å². The minimum atomic E-state index is -0.741. The van der Waals surface area contributed by atoms with Crippen molar-refractivity contribution in [2.75, 3.05) is 0 Å². The van der Waals surface area contributed by atoms with Gasteiger partial charge in [-0.05, 0) is 27.2 Å². The summed E-state index contributed by atoms with van der Waals surface area (Å²) in [5.74, 6) is -0.741. The van der Waals surface area contributed by atoms with Crippen LogP contribution in [0.4, 0.5) is 0 Å². The Morgan fingerprint density at radius 2 is 2.08 bits per heavy atom. The molecule has 0 radical (unpaired) electrons. The van der Waals surface area contributed by atoms with Gasteiger partial charge in [-0.2, -0.15) is 0 Å². The molecule has 1 unspecified atom stereocenters. The highest BCUT2D eigenvalue weighted by Crippen LogP contribution is 2.33. The number of allylic oxidation sites excluding steroid dienone is 3. The van der Waals surface area contributed by atoms with Crippen LogP contribution in [0.5, 0.6) is 0 Å². The highest BCUT2D eigenvalue weighted by Gasteiger charge is 2.32. The van der Waals surface area contributed by atoms with Gasteiger partial charge in [-0.3, -0.25) is 4.79 Å². The fourth-order valence-electron chi connectivity index (χ4n) is 1.75. The highest BCUT2D eigenvalue weighted by atomic mass is 35.5. The zero-order chi connectivity index (χ0) is 9.35. The van der Waals surface area contributed by atoms with Crippen LogP contribution >= 0.6 is 12.4 Å². The molecule has 0 bridgehead atoms. The molecule has 74 valence electrons. The predicted octanol–water partition coefficient (Wildman–Crippen LogP) is 2.80. The first kappa shape index (κ1) is 12.2. The minimum absolute atomic E-state index is 0. The summed E-state index contributed by atoms with van der Waals surface area (Å²) in [6.45, 7) is 5.66. The van der Waals surface area contributed by atoms with Crippen molar-refractivity contribution in [2.24, 2.45) is 5.41 Å². The van der Waals surface area contributed by atoms with Crippen molar-refractivity contribution in [2.45, 2.75) is 27.2 Å². The van der Waals surface area contributed by atoms with E-state index in [2.05, 4.69) is 0 Å². The topological polar surface area (TPSA) is 37.3 Å². The summed E-state index contributed by atoms with van der Waals surface area (Å²) in [5, 5.41) is 8.96. The van der Waals surface area contributed by atoms with E-state index in [0.717, 1.165) is 11.1 Å². The summed E-state index contributed by atoms with van der Waals surface area (Å²) in [4.78, 5) is 10.9. The van der Waals surface area contributed by atoms with Crippen LogP contribution in [0.25, 0.3) is 0 Å². The van der Waals surface area contributed by atoms with E-state index in [-0.39, 0.29) is 12.4 Å². The number of hydrogen-bond acceptors (Lipinski definition) is 1. The molecule has 0 fully saturated rings. The molecule has 0 heterocycles. The van der Waals surface area contributed by atoms with E-state index in [1.54, 1.807) is 6.92 Å². The number of carboxylic acid groups (broad SMARTS) is 1. The van der Waals surface area contributed by atoms with Gasteiger partial charge >= 0.3 is 5.97 Å². The normalized spacial score (nSPS) is 27.0. The Hall–Kier alpha value is -0.760. The Kier molecular flexibility index (Phi) is 3.73. The monoisotopic (exact) mass is 202 g/mol. The average molecular weight is 203 g/mol. The van der Waals surface area contributed by atoms with Gasteiger partial charge in [-0.25, -0.2) is 0 Å². The fourth-order valence-corrected chi connectivity index (χ4v) is 1.75. The summed E-state index contributed by atoms with van der Waals surface area (Å²) >= 11 is 0. The first-order valence-corrected chi connectivity index (χ1v) is 4.04. The summed E-state index contributed by atoms with van der Waals surface area (Å²) < 4.78 is 0. The molecule has 1 aliphatic carbocycles. The SMILES string of the molecule is CC1=CC(C)(C(=O)O)CC(C)=C1.Cl. The first-order valence-electron chi connectivity index (χ1n) is 4.04. The maximum atomic E-state index is 10.9. The second-order valence-corrected chi connectivity index (χ2v) is 3.78. The third-order valence-corrected chi connectivity index (χ3v) is 2.15. The van der Waals surface area contributed by atoms with E-state index >= 15 is 0 Å². The summed E-state index contributed by atoms with van der Waals surface area (Å²) in [7, 11) is 0. The molecule has 0 aromatic rings. The van der Waals surface area contributed by atoms with E-state index in [9.17, 15) is 4.79 Å². The largest absolute Gasteiger partial charge is 0.481 e. The van der Waals surface area contributed by atoms with Gasteiger partial charge in [0, 0.05) is 0 Å². The van der Waals surface area contributed by atoms with Gasteiger partial charge in [0.2, 0.25) is 0 Å². The maximum absolute atomic E-state index is 10.9. The van der Waals surface area contributed by atoms with Gasteiger partial charge in [0.1, 0.15) is 0 Å². The van der Waals surface area contributed by atoms with Gasteiger partial charge in [0.25, 0.3) is 0 Å². The van der Waals surface area contributed by atoms with Crippen LogP contribution < -0.4 is 0 Å². The summed E-state index contributed by atoms with van der Waals surface area (Å²) in [6.07, 6.45) is 4.48.